The zero-order chi connectivity index (χ0) is 23.5. The lowest BCUT2D eigenvalue weighted by atomic mass is 9.98. The average molecular weight is 474 g/mol. The number of benzene rings is 1. The van der Waals surface area contributed by atoms with Crippen molar-refractivity contribution >= 4 is 11.8 Å². The van der Waals surface area contributed by atoms with Gasteiger partial charge in [0, 0.05) is 67.7 Å². The monoisotopic (exact) mass is 473 g/mol. The Morgan fingerprint density at radius 3 is 2.50 bits per heavy atom. The van der Waals surface area contributed by atoms with Crippen molar-refractivity contribution in [3.8, 4) is 11.1 Å². The Hall–Kier alpha value is -3.36. The second kappa shape index (κ2) is 9.87. The molecule has 1 aliphatic heterocycles. The molecule has 34 heavy (non-hydrogen) atoms. The van der Waals surface area contributed by atoms with Gasteiger partial charge in [0.15, 0.2) is 5.16 Å². The quantitative estimate of drug-likeness (QED) is 0.309. The largest absolute Gasteiger partial charge is 0.307 e. The number of thioether (sulfide) groups is 1. The maximum atomic E-state index is 14.7. The molecule has 6 nitrogen and oxygen atoms in total. The van der Waals surface area contributed by atoms with Crippen LogP contribution in [0, 0.1) is 5.82 Å². The number of aromatic nitrogens is 4. The van der Waals surface area contributed by atoms with Crippen molar-refractivity contribution in [3.63, 3.8) is 0 Å². The van der Waals surface area contributed by atoms with Crippen molar-refractivity contribution in [2.45, 2.75) is 31.2 Å². The summed E-state index contributed by atoms with van der Waals surface area (Å²) < 4.78 is 16.5. The van der Waals surface area contributed by atoms with Crippen LogP contribution in [-0.2, 0) is 26.1 Å². The lowest BCUT2D eigenvalue weighted by molar-refractivity contribution is 0.239. The van der Waals surface area contributed by atoms with Crippen LogP contribution in [0.2, 0.25) is 0 Å². The van der Waals surface area contributed by atoms with E-state index in [1.165, 1.54) is 17.8 Å². The molecule has 0 unspecified atom stereocenters. The van der Waals surface area contributed by atoms with Crippen molar-refractivity contribution in [1.29, 1.82) is 0 Å². The number of hydrogen-bond acceptors (Lipinski definition) is 6. The topological polar surface area (TPSA) is 63.9 Å². The van der Waals surface area contributed by atoms with E-state index in [9.17, 15) is 9.18 Å². The first-order valence-electron chi connectivity index (χ1n) is 11.1. The van der Waals surface area contributed by atoms with E-state index in [0.29, 0.717) is 30.8 Å². The molecule has 3 aromatic heterocycles. The molecule has 0 amide bonds. The summed E-state index contributed by atoms with van der Waals surface area (Å²) in [6, 6.07) is 12.1. The SMILES string of the molecule is CSc1ncc(CN2CCc3c(cc(-c4ccccc4F)c(=O)n3Cc3ccncc3)C2)cn1. The van der Waals surface area contributed by atoms with Crippen LogP contribution in [0.4, 0.5) is 4.39 Å². The van der Waals surface area contributed by atoms with Crippen molar-refractivity contribution in [1.82, 2.24) is 24.4 Å². The zero-order valence-electron chi connectivity index (χ0n) is 18.8. The fourth-order valence-corrected chi connectivity index (χ4v) is 4.73. The minimum absolute atomic E-state index is 0.171. The molecule has 0 atom stereocenters. The molecule has 0 bridgehead atoms. The number of hydrogen-bond donors (Lipinski definition) is 0. The fourth-order valence-electron chi connectivity index (χ4n) is 4.41. The van der Waals surface area contributed by atoms with E-state index >= 15 is 0 Å². The minimum atomic E-state index is -0.395. The van der Waals surface area contributed by atoms with Gasteiger partial charge < -0.3 is 4.57 Å². The molecule has 4 heterocycles. The first kappa shape index (κ1) is 22.4. The van der Waals surface area contributed by atoms with E-state index in [1.807, 2.05) is 36.8 Å². The molecule has 8 heteroatoms. The molecule has 172 valence electrons. The van der Waals surface area contributed by atoms with Gasteiger partial charge in [-0.05, 0) is 41.6 Å². The highest BCUT2D eigenvalue weighted by Crippen LogP contribution is 2.26. The molecular weight excluding hydrogens is 449 g/mol. The molecule has 0 saturated carbocycles. The molecule has 0 saturated heterocycles. The van der Waals surface area contributed by atoms with Crippen LogP contribution in [-0.4, -0.2) is 37.2 Å². The first-order chi connectivity index (χ1) is 16.6. The Morgan fingerprint density at radius 2 is 1.76 bits per heavy atom. The summed E-state index contributed by atoms with van der Waals surface area (Å²) in [5.74, 6) is -0.395. The summed E-state index contributed by atoms with van der Waals surface area (Å²) in [6.07, 6.45) is 9.86. The van der Waals surface area contributed by atoms with Crippen molar-refractivity contribution in [2.75, 3.05) is 12.8 Å². The molecule has 0 aliphatic carbocycles. The summed E-state index contributed by atoms with van der Waals surface area (Å²) in [4.78, 5) is 28.7. The average Bonchev–Trinajstić information content (AvgIpc) is 2.87. The molecule has 1 aliphatic rings. The number of halogens is 1. The summed E-state index contributed by atoms with van der Waals surface area (Å²) in [6.45, 7) is 2.62. The Bertz CT molecular complexity index is 1360. The Morgan fingerprint density at radius 1 is 1.00 bits per heavy atom. The normalized spacial score (nSPS) is 13.6. The minimum Gasteiger partial charge on any atom is -0.307 e. The Labute approximate surface area is 201 Å². The van der Waals surface area contributed by atoms with E-state index < -0.39 is 5.82 Å². The van der Waals surface area contributed by atoms with E-state index in [2.05, 4.69) is 19.9 Å². The van der Waals surface area contributed by atoms with Crippen LogP contribution in [0.3, 0.4) is 0 Å². The maximum absolute atomic E-state index is 14.7. The second-order valence-corrected chi connectivity index (χ2v) is 9.07. The van der Waals surface area contributed by atoms with Gasteiger partial charge >= 0.3 is 0 Å². The van der Waals surface area contributed by atoms with Crippen molar-refractivity contribution in [3.05, 3.63) is 106 Å². The predicted octanol–water partition coefficient (Wildman–Crippen LogP) is 4.17. The number of nitrogens with zero attached hydrogens (tertiary/aromatic N) is 5. The van der Waals surface area contributed by atoms with Gasteiger partial charge in [0.1, 0.15) is 5.82 Å². The van der Waals surface area contributed by atoms with E-state index in [1.54, 1.807) is 35.2 Å². The Kier molecular flexibility index (Phi) is 6.51. The van der Waals surface area contributed by atoms with Crippen LogP contribution in [0.1, 0.15) is 22.4 Å². The fraction of sp³-hybridized carbons (Fsp3) is 0.231. The van der Waals surface area contributed by atoms with Crippen molar-refractivity contribution in [2.24, 2.45) is 0 Å². The molecule has 4 aromatic rings. The third kappa shape index (κ3) is 4.64. The second-order valence-electron chi connectivity index (χ2n) is 8.30. The summed E-state index contributed by atoms with van der Waals surface area (Å²) in [5, 5.41) is 0.752. The van der Waals surface area contributed by atoms with Gasteiger partial charge in [0.05, 0.1) is 12.1 Å². The summed E-state index contributed by atoms with van der Waals surface area (Å²) >= 11 is 1.52. The molecule has 0 radical (unpaired) electrons. The summed E-state index contributed by atoms with van der Waals surface area (Å²) in [5.41, 5.74) is 4.62. The highest BCUT2D eigenvalue weighted by molar-refractivity contribution is 7.98. The molecule has 1 aromatic carbocycles. The standard InChI is InChI=1S/C26H24FN5OS/c1-34-26-29-13-19(14-30-26)15-31-11-8-24-20(17-31)12-22(21-4-2-3-5-23(21)27)25(33)32(24)16-18-6-9-28-10-7-18/h2-7,9-10,12-14H,8,11,15-17H2,1H3. The van der Waals surface area contributed by atoms with E-state index in [0.717, 1.165) is 40.5 Å². The van der Waals surface area contributed by atoms with E-state index in [4.69, 9.17) is 0 Å². The highest BCUT2D eigenvalue weighted by atomic mass is 32.2. The van der Waals surface area contributed by atoms with Gasteiger partial charge in [0.2, 0.25) is 0 Å². The number of pyridine rings is 2. The van der Waals surface area contributed by atoms with Gasteiger partial charge in [-0.3, -0.25) is 14.7 Å². The molecular formula is C26H24FN5OS. The lowest BCUT2D eigenvalue weighted by Crippen LogP contribution is -2.36. The van der Waals surface area contributed by atoms with Gasteiger partial charge in [-0.25, -0.2) is 14.4 Å². The van der Waals surface area contributed by atoms with Crippen molar-refractivity contribution < 1.29 is 4.39 Å². The van der Waals surface area contributed by atoms with Crippen LogP contribution >= 0.6 is 11.8 Å². The van der Waals surface area contributed by atoms with Crippen LogP contribution in [0.25, 0.3) is 11.1 Å². The van der Waals surface area contributed by atoms with Crippen LogP contribution < -0.4 is 5.56 Å². The number of fused-ring (bicyclic) bond motifs is 1. The zero-order valence-corrected chi connectivity index (χ0v) is 19.6. The number of rotatable bonds is 6. The lowest BCUT2D eigenvalue weighted by Gasteiger charge is -2.31. The van der Waals surface area contributed by atoms with Gasteiger partial charge in [-0.15, -0.1) is 0 Å². The van der Waals surface area contributed by atoms with Crippen LogP contribution in [0.15, 0.2) is 77.2 Å². The first-order valence-corrected chi connectivity index (χ1v) is 12.3. The molecule has 0 spiro atoms. The molecule has 0 fully saturated rings. The van der Waals surface area contributed by atoms with E-state index in [-0.39, 0.29) is 5.56 Å². The van der Waals surface area contributed by atoms with Crippen LogP contribution in [0.5, 0.6) is 0 Å². The van der Waals surface area contributed by atoms with Gasteiger partial charge in [-0.1, -0.05) is 30.0 Å². The van der Waals surface area contributed by atoms with Gasteiger partial charge in [0.25, 0.3) is 5.56 Å². The Balaban J connectivity index is 1.53. The van der Waals surface area contributed by atoms with Gasteiger partial charge in [-0.2, -0.15) is 0 Å². The predicted molar refractivity (Wildman–Crippen MR) is 131 cm³/mol. The smallest absolute Gasteiger partial charge is 0.259 e. The molecule has 0 N–H and O–H groups in total. The molecule has 5 rings (SSSR count). The third-order valence-corrected chi connectivity index (χ3v) is 6.65. The summed E-state index contributed by atoms with van der Waals surface area (Å²) in [7, 11) is 0. The maximum Gasteiger partial charge on any atom is 0.259 e. The third-order valence-electron chi connectivity index (χ3n) is 6.07. The highest BCUT2D eigenvalue weighted by Gasteiger charge is 2.23.